The standard InChI is InChI=1S/C38H68O7/c1-4-5-6-7-8-9-10-11-14-17-20-23-27-35(40)36(41)28-25-30-37(42)44-32-34(31-39)45-38(43)29-24-21-18-15-12-13-16-19-22-26-33(2)3/h8-9,11,14,20,23,33-36,39-41H,4-7,10,12-13,15-19,21-22,24-32H2,1-3H3/b9-8-,14-11-,23-20-/t34-,35?,36?/m0/s1. The van der Waals surface area contributed by atoms with Crippen molar-refractivity contribution in [1.29, 1.82) is 0 Å². The van der Waals surface area contributed by atoms with Crippen LogP contribution in [-0.4, -0.2) is 58.8 Å². The van der Waals surface area contributed by atoms with Crippen LogP contribution in [0.1, 0.15) is 156 Å². The van der Waals surface area contributed by atoms with Gasteiger partial charge in [-0.2, -0.15) is 0 Å². The van der Waals surface area contributed by atoms with E-state index >= 15 is 0 Å². The topological polar surface area (TPSA) is 113 Å². The average Bonchev–Trinajstić information content (AvgIpc) is 3.01. The third-order valence-electron chi connectivity index (χ3n) is 7.82. The van der Waals surface area contributed by atoms with Crippen LogP contribution in [0.15, 0.2) is 36.5 Å². The molecule has 0 saturated heterocycles. The molecule has 262 valence electrons. The molecule has 0 bridgehead atoms. The SMILES string of the molecule is CCCCC/C=C\C/C=C\C/C=C\CC(O)C(O)CCCC(=O)OC[C@H](CO)OC(=O)CCCCCCCCCCCC(C)C. The third-order valence-corrected chi connectivity index (χ3v) is 7.82. The zero-order valence-corrected chi connectivity index (χ0v) is 29.0. The highest BCUT2D eigenvalue weighted by Gasteiger charge is 2.18. The second-order valence-corrected chi connectivity index (χ2v) is 12.7. The molecule has 0 aliphatic carbocycles. The van der Waals surface area contributed by atoms with E-state index in [-0.39, 0.29) is 25.4 Å². The van der Waals surface area contributed by atoms with Gasteiger partial charge in [-0.3, -0.25) is 9.59 Å². The van der Waals surface area contributed by atoms with Crippen LogP contribution in [-0.2, 0) is 19.1 Å². The molecule has 0 aromatic rings. The zero-order valence-electron chi connectivity index (χ0n) is 29.0. The van der Waals surface area contributed by atoms with Gasteiger partial charge in [0.05, 0.1) is 18.8 Å². The highest BCUT2D eigenvalue weighted by Crippen LogP contribution is 2.14. The van der Waals surface area contributed by atoms with Crippen molar-refractivity contribution in [2.75, 3.05) is 13.2 Å². The second-order valence-electron chi connectivity index (χ2n) is 12.7. The van der Waals surface area contributed by atoms with Crippen molar-refractivity contribution in [2.45, 2.75) is 174 Å². The van der Waals surface area contributed by atoms with E-state index in [4.69, 9.17) is 9.47 Å². The molecule has 0 aliphatic heterocycles. The summed E-state index contributed by atoms with van der Waals surface area (Å²) in [4.78, 5) is 24.2. The number of ether oxygens (including phenoxy) is 2. The fourth-order valence-electron chi connectivity index (χ4n) is 4.90. The molecule has 0 spiro atoms. The molecule has 0 fully saturated rings. The number of hydrogen-bond acceptors (Lipinski definition) is 7. The number of rotatable bonds is 31. The van der Waals surface area contributed by atoms with E-state index in [0.717, 1.165) is 44.4 Å². The van der Waals surface area contributed by atoms with E-state index < -0.39 is 30.9 Å². The molecule has 3 atom stereocenters. The van der Waals surface area contributed by atoms with Crippen LogP contribution in [0.2, 0.25) is 0 Å². The van der Waals surface area contributed by atoms with E-state index in [2.05, 4.69) is 45.1 Å². The molecule has 45 heavy (non-hydrogen) atoms. The minimum Gasteiger partial charge on any atom is -0.462 e. The largest absolute Gasteiger partial charge is 0.462 e. The molecule has 0 rings (SSSR count). The summed E-state index contributed by atoms with van der Waals surface area (Å²) in [7, 11) is 0. The van der Waals surface area contributed by atoms with Crippen LogP contribution in [0.3, 0.4) is 0 Å². The van der Waals surface area contributed by atoms with Crippen LogP contribution in [0.25, 0.3) is 0 Å². The summed E-state index contributed by atoms with van der Waals surface area (Å²) in [5.74, 6) is -0.0811. The van der Waals surface area contributed by atoms with E-state index in [1.54, 1.807) is 0 Å². The van der Waals surface area contributed by atoms with Gasteiger partial charge in [-0.1, -0.05) is 128 Å². The minimum atomic E-state index is -0.929. The molecule has 7 nitrogen and oxygen atoms in total. The molecular weight excluding hydrogens is 568 g/mol. The van der Waals surface area contributed by atoms with Crippen molar-refractivity contribution in [3.8, 4) is 0 Å². The lowest BCUT2D eigenvalue weighted by Gasteiger charge is -2.17. The Labute approximate surface area is 275 Å². The number of esters is 2. The lowest BCUT2D eigenvalue weighted by Crippen LogP contribution is -2.28. The Kier molecular flexibility index (Phi) is 30.6. The summed E-state index contributed by atoms with van der Waals surface area (Å²) in [6.45, 7) is 6.14. The van der Waals surface area contributed by atoms with Crippen molar-refractivity contribution >= 4 is 11.9 Å². The van der Waals surface area contributed by atoms with Crippen LogP contribution < -0.4 is 0 Å². The van der Waals surface area contributed by atoms with Crippen molar-refractivity contribution < 1.29 is 34.4 Å². The quantitative estimate of drug-likeness (QED) is 0.0396. The molecule has 0 saturated carbocycles. The van der Waals surface area contributed by atoms with Gasteiger partial charge in [-0.05, 0) is 57.3 Å². The molecule has 2 unspecified atom stereocenters. The summed E-state index contributed by atoms with van der Waals surface area (Å²) in [6.07, 6.45) is 29.6. The van der Waals surface area contributed by atoms with Gasteiger partial charge in [-0.25, -0.2) is 0 Å². The molecule has 0 radical (unpaired) electrons. The highest BCUT2D eigenvalue weighted by molar-refractivity contribution is 5.70. The van der Waals surface area contributed by atoms with E-state index in [0.29, 0.717) is 19.3 Å². The Morgan fingerprint density at radius 2 is 1.22 bits per heavy atom. The molecule has 0 aromatic heterocycles. The number of carbonyl (C=O) groups is 2. The normalized spacial score (nSPS) is 14.1. The van der Waals surface area contributed by atoms with Gasteiger partial charge in [0.2, 0.25) is 0 Å². The van der Waals surface area contributed by atoms with Gasteiger partial charge in [0.25, 0.3) is 0 Å². The number of carbonyl (C=O) groups excluding carboxylic acids is 2. The van der Waals surface area contributed by atoms with E-state index in [9.17, 15) is 24.9 Å². The summed E-state index contributed by atoms with van der Waals surface area (Å²) in [6, 6.07) is 0. The molecular formula is C38H68O7. The monoisotopic (exact) mass is 636 g/mol. The maximum Gasteiger partial charge on any atom is 0.306 e. The predicted octanol–water partition coefficient (Wildman–Crippen LogP) is 8.69. The molecule has 3 N–H and O–H groups in total. The first-order valence-corrected chi connectivity index (χ1v) is 18.1. The average molecular weight is 637 g/mol. The number of aliphatic hydroxyl groups excluding tert-OH is 3. The summed E-state index contributed by atoms with van der Waals surface area (Å²) >= 11 is 0. The first kappa shape index (κ1) is 43.0. The smallest absolute Gasteiger partial charge is 0.306 e. The van der Waals surface area contributed by atoms with Gasteiger partial charge in [0.15, 0.2) is 6.10 Å². The van der Waals surface area contributed by atoms with Crippen molar-refractivity contribution in [3.63, 3.8) is 0 Å². The van der Waals surface area contributed by atoms with Crippen molar-refractivity contribution in [3.05, 3.63) is 36.5 Å². The molecule has 0 aliphatic rings. The maximum atomic E-state index is 12.1. The van der Waals surface area contributed by atoms with Gasteiger partial charge >= 0.3 is 11.9 Å². The summed E-state index contributed by atoms with van der Waals surface area (Å²) < 4.78 is 10.4. The Morgan fingerprint density at radius 3 is 1.84 bits per heavy atom. The number of allylic oxidation sites excluding steroid dienone is 5. The zero-order chi connectivity index (χ0) is 33.4. The molecule has 0 heterocycles. The Bertz CT molecular complexity index is 774. The van der Waals surface area contributed by atoms with Crippen molar-refractivity contribution in [2.24, 2.45) is 5.92 Å². The lowest BCUT2D eigenvalue weighted by molar-refractivity contribution is -0.161. The lowest BCUT2D eigenvalue weighted by atomic mass is 10.0. The van der Waals surface area contributed by atoms with Gasteiger partial charge in [-0.15, -0.1) is 0 Å². The van der Waals surface area contributed by atoms with Crippen LogP contribution in [0.4, 0.5) is 0 Å². The van der Waals surface area contributed by atoms with Crippen LogP contribution in [0, 0.1) is 5.92 Å². The van der Waals surface area contributed by atoms with Crippen molar-refractivity contribution in [1.82, 2.24) is 0 Å². The Balaban J connectivity index is 3.86. The highest BCUT2D eigenvalue weighted by atomic mass is 16.6. The third kappa shape index (κ3) is 30.5. The number of unbranched alkanes of at least 4 members (excludes halogenated alkanes) is 11. The number of aliphatic hydroxyl groups is 3. The van der Waals surface area contributed by atoms with Gasteiger partial charge in [0.1, 0.15) is 6.61 Å². The Morgan fingerprint density at radius 1 is 0.644 bits per heavy atom. The first-order valence-electron chi connectivity index (χ1n) is 18.1. The maximum absolute atomic E-state index is 12.1. The Hall–Kier alpha value is -1.96. The minimum absolute atomic E-state index is 0.0709. The van der Waals surface area contributed by atoms with E-state index in [1.807, 2.05) is 12.2 Å². The fourth-order valence-corrected chi connectivity index (χ4v) is 4.90. The summed E-state index contributed by atoms with van der Waals surface area (Å²) in [5.41, 5.74) is 0. The molecule has 0 amide bonds. The first-order chi connectivity index (χ1) is 21.8. The fraction of sp³-hybridized carbons (Fsp3) is 0.789. The summed E-state index contributed by atoms with van der Waals surface area (Å²) in [5, 5.41) is 29.9. The number of hydrogen-bond donors (Lipinski definition) is 3. The van der Waals surface area contributed by atoms with Crippen LogP contribution >= 0.6 is 0 Å². The molecule has 7 heteroatoms. The van der Waals surface area contributed by atoms with E-state index in [1.165, 1.54) is 64.2 Å². The predicted molar refractivity (Wildman–Crippen MR) is 185 cm³/mol. The van der Waals surface area contributed by atoms with Gasteiger partial charge < -0.3 is 24.8 Å². The van der Waals surface area contributed by atoms with Crippen LogP contribution in [0.5, 0.6) is 0 Å². The van der Waals surface area contributed by atoms with Gasteiger partial charge in [0, 0.05) is 12.8 Å². The molecule has 0 aromatic carbocycles. The second kappa shape index (κ2) is 32.0.